The minimum absolute atomic E-state index is 0.132. The van der Waals surface area contributed by atoms with Gasteiger partial charge < -0.3 is 16.0 Å². The number of para-hydroxylation sites is 1. The van der Waals surface area contributed by atoms with E-state index in [1.54, 1.807) is 0 Å². The van der Waals surface area contributed by atoms with Crippen molar-refractivity contribution in [1.82, 2.24) is 0 Å². The highest BCUT2D eigenvalue weighted by Crippen LogP contribution is 2.23. The van der Waals surface area contributed by atoms with Crippen LogP contribution in [0.3, 0.4) is 0 Å². The molecule has 2 rings (SSSR count). The van der Waals surface area contributed by atoms with Crippen molar-refractivity contribution in [3.05, 3.63) is 59.7 Å². The molecule has 106 valence electrons. The quantitative estimate of drug-likeness (QED) is 0.876. The molecular weight excluding hydrogens is 246 g/mol. The van der Waals surface area contributed by atoms with Gasteiger partial charge >= 0.3 is 0 Å². The standard InChI is InChI=1S/C17H23N3/c1-13-6-4-5-7-16(13)19-17(12-18)14-8-10-15(11-9-14)20(2)3/h4-11,17,19H,12,18H2,1-3H3. The fourth-order valence-electron chi connectivity index (χ4n) is 2.21. The SMILES string of the molecule is Cc1ccccc1NC(CN)c1ccc(N(C)C)cc1. The third-order valence-corrected chi connectivity index (χ3v) is 3.52. The molecule has 0 aromatic heterocycles. The maximum absolute atomic E-state index is 5.93. The summed E-state index contributed by atoms with van der Waals surface area (Å²) < 4.78 is 0. The Labute approximate surface area is 121 Å². The van der Waals surface area contributed by atoms with Crippen molar-refractivity contribution in [3.63, 3.8) is 0 Å². The number of hydrogen-bond donors (Lipinski definition) is 2. The molecule has 20 heavy (non-hydrogen) atoms. The highest BCUT2D eigenvalue weighted by atomic mass is 15.1. The molecule has 0 bridgehead atoms. The van der Waals surface area contributed by atoms with Crippen LogP contribution in [-0.2, 0) is 0 Å². The van der Waals surface area contributed by atoms with Gasteiger partial charge in [-0.05, 0) is 36.2 Å². The number of benzene rings is 2. The first kappa shape index (κ1) is 14.4. The first-order valence-electron chi connectivity index (χ1n) is 6.91. The summed E-state index contributed by atoms with van der Waals surface area (Å²) in [5.41, 5.74) is 10.7. The Kier molecular flexibility index (Phi) is 4.64. The molecule has 2 aromatic carbocycles. The van der Waals surface area contributed by atoms with Crippen molar-refractivity contribution in [3.8, 4) is 0 Å². The predicted octanol–water partition coefficient (Wildman–Crippen LogP) is 3.17. The highest BCUT2D eigenvalue weighted by molar-refractivity contribution is 5.53. The second kappa shape index (κ2) is 6.44. The van der Waals surface area contributed by atoms with Gasteiger partial charge in [0, 0.05) is 32.0 Å². The monoisotopic (exact) mass is 269 g/mol. The van der Waals surface area contributed by atoms with Crippen molar-refractivity contribution in [1.29, 1.82) is 0 Å². The molecule has 3 N–H and O–H groups in total. The van der Waals surface area contributed by atoms with E-state index in [1.165, 1.54) is 16.8 Å². The third kappa shape index (κ3) is 3.31. The second-order valence-corrected chi connectivity index (χ2v) is 5.23. The smallest absolute Gasteiger partial charge is 0.0636 e. The molecule has 0 radical (unpaired) electrons. The van der Waals surface area contributed by atoms with Gasteiger partial charge in [0.25, 0.3) is 0 Å². The Bertz CT molecular complexity index is 546. The molecule has 0 amide bonds. The zero-order valence-corrected chi connectivity index (χ0v) is 12.4. The Morgan fingerprint density at radius 2 is 1.70 bits per heavy atom. The number of nitrogens with two attached hydrogens (primary N) is 1. The van der Waals surface area contributed by atoms with Crippen molar-refractivity contribution in [2.45, 2.75) is 13.0 Å². The van der Waals surface area contributed by atoms with E-state index in [0.717, 1.165) is 5.69 Å². The topological polar surface area (TPSA) is 41.3 Å². The Morgan fingerprint density at radius 1 is 1.05 bits per heavy atom. The van der Waals surface area contributed by atoms with Crippen molar-refractivity contribution in [2.75, 3.05) is 30.9 Å². The first-order chi connectivity index (χ1) is 9.61. The number of hydrogen-bond acceptors (Lipinski definition) is 3. The number of nitrogens with one attached hydrogen (secondary N) is 1. The lowest BCUT2D eigenvalue weighted by atomic mass is 10.1. The van der Waals surface area contributed by atoms with E-state index in [1.807, 2.05) is 26.2 Å². The van der Waals surface area contributed by atoms with Crippen molar-refractivity contribution in [2.24, 2.45) is 5.73 Å². The van der Waals surface area contributed by atoms with Gasteiger partial charge in [0.1, 0.15) is 0 Å². The predicted molar refractivity (Wildman–Crippen MR) is 87.4 cm³/mol. The molecule has 0 saturated carbocycles. The molecule has 1 atom stereocenters. The summed E-state index contributed by atoms with van der Waals surface area (Å²) in [5, 5.41) is 3.52. The second-order valence-electron chi connectivity index (χ2n) is 5.23. The zero-order chi connectivity index (χ0) is 14.5. The molecule has 0 aliphatic heterocycles. The van der Waals surface area contributed by atoms with E-state index in [2.05, 4.69) is 53.5 Å². The van der Waals surface area contributed by atoms with Gasteiger partial charge in [-0.1, -0.05) is 30.3 Å². The summed E-state index contributed by atoms with van der Waals surface area (Å²) in [4.78, 5) is 2.09. The number of anilines is 2. The lowest BCUT2D eigenvalue weighted by molar-refractivity contribution is 0.789. The Hall–Kier alpha value is -2.00. The van der Waals surface area contributed by atoms with Crippen LogP contribution in [0.4, 0.5) is 11.4 Å². The van der Waals surface area contributed by atoms with Crippen molar-refractivity contribution < 1.29 is 0 Å². The highest BCUT2D eigenvalue weighted by Gasteiger charge is 2.10. The van der Waals surface area contributed by atoms with Gasteiger partial charge in [0.15, 0.2) is 0 Å². The van der Waals surface area contributed by atoms with Crippen LogP contribution in [0.5, 0.6) is 0 Å². The van der Waals surface area contributed by atoms with E-state index >= 15 is 0 Å². The average Bonchev–Trinajstić information content (AvgIpc) is 2.46. The molecular formula is C17H23N3. The summed E-state index contributed by atoms with van der Waals surface area (Å²) in [5.74, 6) is 0. The van der Waals surface area contributed by atoms with Gasteiger partial charge in [0.2, 0.25) is 0 Å². The summed E-state index contributed by atoms with van der Waals surface area (Å²) in [6, 6.07) is 16.9. The van der Waals surface area contributed by atoms with Gasteiger partial charge in [-0.15, -0.1) is 0 Å². The summed E-state index contributed by atoms with van der Waals surface area (Å²) in [6.07, 6.45) is 0. The summed E-state index contributed by atoms with van der Waals surface area (Å²) in [7, 11) is 4.09. The number of aryl methyl sites for hydroxylation is 1. The molecule has 0 fully saturated rings. The average molecular weight is 269 g/mol. The number of nitrogens with zero attached hydrogens (tertiary/aromatic N) is 1. The lowest BCUT2D eigenvalue weighted by Gasteiger charge is -2.21. The third-order valence-electron chi connectivity index (χ3n) is 3.52. The van der Waals surface area contributed by atoms with Crippen LogP contribution >= 0.6 is 0 Å². The molecule has 0 aliphatic carbocycles. The van der Waals surface area contributed by atoms with Gasteiger partial charge in [-0.25, -0.2) is 0 Å². The van der Waals surface area contributed by atoms with Crippen LogP contribution in [0, 0.1) is 6.92 Å². The van der Waals surface area contributed by atoms with E-state index in [9.17, 15) is 0 Å². The molecule has 2 aromatic rings. The Morgan fingerprint density at radius 3 is 2.25 bits per heavy atom. The summed E-state index contributed by atoms with van der Waals surface area (Å²) in [6.45, 7) is 2.67. The zero-order valence-electron chi connectivity index (χ0n) is 12.4. The Balaban J connectivity index is 2.18. The molecule has 1 unspecified atom stereocenters. The van der Waals surface area contributed by atoms with E-state index in [4.69, 9.17) is 5.73 Å². The number of rotatable bonds is 5. The first-order valence-corrected chi connectivity index (χ1v) is 6.91. The van der Waals surface area contributed by atoms with Crippen LogP contribution < -0.4 is 16.0 Å². The van der Waals surface area contributed by atoms with E-state index in [-0.39, 0.29) is 6.04 Å². The maximum atomic E-state index is 5.93. The minimum atomic E-state index is 0.132. The molecule has 3 heteroatoms. The van der Waals surface area contributed by atoms with Gasteiger partial charge in [0.05, 0.1) is 6.04 Å². The summed E-state index contributed by atoms with van der Waals surface area (Å²) >= 11 is 0. The fourth-order valence-corrected chi connectivity index (χ4v) is 2.21. The van der Waals surface area contributed by atoms with Crippen LogP contribution in [0.1, 0.15) is 17.2 Å². The van der Waals surface area contributed by atoms with Crippen LogP contribution in [0.15, 0.2) is 48.5 Å². The largest absolute Gasteiger partial charge is 0.378 e. The van der Waals surface area contributed by atoms with Gasteiger partial charge in [-0.2, -0.15) is 0 Å². The molecule has 0 spiro atoms. The van der Waals surface area contributed by atoms with Crippen LogP contribution in [0.25, 0.3) is 0 Å². The molecule has 0 heterocycles. The molecule has 3 nitrogen and oxygen atoms in total. The normalized spacial score (nSPS) is 12.0. The van der Waals surface area contributed by atoms with E-state index in [0.29, 0.717) is 6.54 Å². The minimum Gasteiger partial charge on any atom is -0.378 e. The maximum Gasteiger partial charge on any atom is 0.0636 e. The molecule has 0 aliphatic rings. The van der Waals surface area contributed by atoms with Crippen LogP contribution in [0.2, 0.25) is 0 Å². The molecule has 0 saturated heterocycles. The van der Waals surface area contributed by atoms with Crippen LogP contribution in [-0.4, -0.2) is 20.6 Å². The lowest BCUT2D eigenvalue weighted by Crippen LogP contribution is -2.21. The van der Waals surface area contributed by atoms with Gasteiger partial charge in [-0.3, -0.25) is 0 Å². The van der Waals surface area contributed by atoms with Crippen molar-refractivity contribution >= 4 is 11.4 Å². The van der Waals surface area contributed by atoms with E-state index < -0.39 is 0 Å². The fraction of sp³-hybridized carbons (Fsp3) is 0.294.